The van der Waals surface area contributed by atoms with E-state index in [4.69, 9.17) is 9.16 Å². The lowest BCUT2D eigenvalue weighted by atomic mass is 9.84. The Balaban J connectivity index is 2.81. The Bertz CT molecular complexity index is 466. The molecule has 1 aliphatic rings. The Hall–Kier alpha value is -0.963. The summed E-state index contributed by atoms with van der Waals surface area (Å²) in [6.45, 7) is 21.6. The summed E-state index contributed by atoms with van der Waals surface area (Å²) in [5.41, 5.74) is 2.54. The van der Waals surface area contributed by atoms with Crippen LogP contribution in [0.1, 0.15) is 54.4 Å². The van der Waals surface area contributed by atoms with Crippen molar-refractivity contribution < 1.29 is 9.16 Å². The average Bonchev–Trinajstić information content (AvgIpc) is 2.38. The molecular weight excluding hydrogens is 288 g/mol. The second-order valence-electron chi connectivity index (χ2n) is 8.04. The number of hydrogen-bond acceptors (Lipinski definition) is 2. The molecule has 0 spiro atoms. The van der Waals surface area contributed by atoms with E-state index in [9.17, 15) is 0 Å². The third-order valence-corrected chi connectivity index (χ3v) is 9.41. The van der Waals surface area contributed by atoms with Crippen LogP contribution in [-0.2, 0) is 9.16 Å². The van der Waals surface area contributed by atoms with E-state index in [2.05, 4.69) is 60.4 Å². The van der Waals surface area contributed by atoms with Gasteiger partial charge in [0.25, 0.3) is 14.3 Å². The number of ether oxygens (including phenoxy) is 1. The second-order valence-corrected chi connectivity index (χ2v) is 12.8. The van der Waals surface area contributed by atoms with Crippen LogP contribution >= 0.6 is 0 Å². The van der Waals surface area contributed by atoms with Crippen molar-refractivity contribution in [2.24, 2.45) is 5.92 Å². The summed E-state index contributed by atoms with van der Waals surface area (Å²) < 4.78 is 12.6. The van der Waals surface area contributed by atoms with Crippen molar-refractivity contribution >= 4 is 8.32 Å². The molecule has 2 atom stereocenters. The van der Waals surface area contributed by atoms with E-state index in [1.54, 1.807) is 0 Å². The van der Waals surface area contributed by atoms with Crippen LogP contribution in [0.25, 0.3) is 0 Å². The number of allylic oxidation sites excluding steroid dienone is 3. The lowest BCUT2D eigenvalue weighted by Crippen LogP contribution is -2.41. The predicted octanol–water partition coefficient (Wildman–Crippen LogP) is 6.19. The molecule has 0 aromatic rings. The first-order valence-corrected chi connectivity index (χ1v) is 11.2. The van der Waals surface area contributed by atoms with Crippen molar-refractivity contribution in [1.29, 1.82) is 0 Å². The Morgan fingerprint density at radius 1 is 1.36 bits per heavy atom. The fourth-order valence-electron chi connectivity index (χ4n) is 2.24. The van der Waals surface area contributed by atoms with Gasteiger partial charge in [-0.3, -0.25) is 0 Å². The van der Waals surface area contributed by atoms with E-state index >= 15 is 0 Å². The molecule has 0 aromatic carbocycles. The standard InChI is InChI=1S/C19H34O2Si/c1-10-18(21-22(8,9)19(5,6)7)20-17-13-16(14(2)3)12-11-15(17)4/h10-11,16-17H,2,12-13H2,1,3-9H3/b18-10+/t16-,17+/m0/s1. The van der Waals surface area contributed by atoms with E-state index in [1.807, 2.05) is 13.0 Å². The minimum absolute atomic E-state index is 0.103. The van der Waals surface area contributed by atoms with Gasteiger partial charge in [-0.05, 0) is 69.3 Å². The van der Waals surface area contributed by atoms with Crippen molar-refractivity contribution in [3.8, 4) is 0 Å². The fourth-order valence-corrected chi connectivity index (χ4v) is 3.21. The summed E-state index contributed by atoms with van der Waals surface area (Å²) >= 11 is 0. The maximum atomic E-state index is 6.33. The Labute approximate surface area is 138 Å². The normalized spacial score (nSPS) is 23.8. The van der Waals surface area contributed by atoms with Gasteiger partial charge in [0, 0.05) is 0 Å². The minimum Gasteiger partial charge on any atom is -0.519 e. The molecule has 3 heteroatoms. The van der Waals surface area contributed by atoms with Gasteiger partial charge in [-0.25, -0.2) is 0 Å². The second kappa shape index (κ2) is 7.07. The van der Waals surface area contributed by atoms with Gasteiger partial charge in [0.1, 0.15) is 6.10 Å². The Morgan fingerprint density at radius 3 is 2.41 bits per heavy atom. The highest BCUT2D eigenvalue weighted by Gasteiger charge is 2.40. The van der Waals surface area contributed by atoms with Crippen molar-refractivity contribution in [2.75, 3.05) is 0 Å². The molecular formula is C19H34O2Si. The minimum atomic E-state index is -1.86. The highest BCUT2D eigenvalue weighted by atomic mass is 28.4. The Kier molecular flexibility index (Phi) is 6.14. The number of hydrogen-bond donors (Lipinski definition) is 0. The molecule has 0 saturated heterocycles. The molecule has 2 nitrogen and oxygen atoms in total. The van der Waals surface area contributed by atoms with Crippen LogP contribution in [0.2, 0.25) is 18.1 Å². The molecule has 0 unspecified atom stereocenters. The highest BCUT2D eigenvalue weighted by Crippen LogP contribution is 2.39. The van der Waals surface area contributed by atoms with Crippen LogP contribution in [0.15, 0.2) is 35.8 Å². The van der Waals surface area contributed by atoms with Gasteiger partial charge >= 0.3 is 0 Å². The van der Waals surface area contributed by atoms with Crippen LogP contribution in [0, 0.1) is 5.92 Å². The highest BCUT2D eigenvalue weighted by molar-refractivity contribution is 6.74. The first-order valence-electron chi connectivity index (χ1n) is 8.32. The smallest absolute Gasteiger partial charge is 0.261 e. The molecule has 126 valence electrons. The van der Waals surface area contributed by atoms with E-state index < -0.39 is 8.32 Å². The first kappa shape index (κ1) is 19.1. The van der Waals surface area contributed by atoms with Crippen LogP contribution in [0.4, 0.5) is 0 Å². The van der Waals surface area contributed by atoms with Gasteiger partial charge in [0.15, 0.2) is 0 Å². The van der Waals surface area contributed by atoms with E-state index in [-0.39, 0.29) is 11.1 Å². The molecule has 1 aliphatic carbocycles. The molecule has 0 aliphatic heterocycles. The van der Waals surface area contributed by atoms with Gasteiger partial charge in [-0.2, -0.15) is 0 Å². The summed E-state index contributed by atoms with van der Waals surface area (Å²) in [4.78, 5) is 0. The van der Waals surface area contributed by atoms with Crippen molar-refractivity contribution in [1.82, 2.24) is 0 Å². The molecule has 0 bridgehead atoms. The van der Waals surface area contributed by atoms with Gasteiger partial charge in [0.05, 0.1) is 0 Å². The Morgan fingerprint density at radius 2 is 1.95 bits per heavy atom. The zero-order chi connectivity index (χ0) is 17.1. The molecule has 22 heavy (non-hydrogen) atoms. The summed E-state index contributed by atoms with van der Waals surface area (Å²) in [5, 5.41) is 0.169. The summed E-state index contributed by atoms with van der Waals surface area (Å²) in [5.74, 6) is 1.20. The molecule has 0 aromatic heterocycles. The van der Waals surface area contributed by atoms with Crippen LogP contribution in [0.5, 0.6) is 0 Å². The maximum absolute atomic E-state index is 6.33. The lowest BCUT2D eigenvalue weighted by molar-refractivity contribution is 0.0416. The van der Waals surface area contributed by atoms with Crippen LogP contribution < -0.4 is 0 Å². The molecule has 0 heterocycles. The SMILES string of the molecule is C=C(C)[C@H]1CC=C(C)[C@H](O/C(=C\C)O[Si](C)(C)C(C)(C)C)C1. The van der Waals surface area contributed by atoms with Gasteiger partial charge in [-0.15, -0.1) is 0 Å². The van der Waals surface area contributed by atoms with E-state index in [0.29, 0.717) is 11.9 Å². The van der Waals surface area contributed by atoms with Crippen molar-refractivity contribution in [3.63, 3.8) is 0 Å². The first-order chi connectivity index (χ1) is 9.98. The third kappa shape index (κ3) is 4.77. The van der Waals surface area contributed by atoms with Gasteiger partial charge < -0.3 is 9.16 Å². The molecule has 0 amide bonds. The maximum Gasteiger partial charge on any atom is 0.261 e. The predicted molar refractivity (Wildman–Crippen MR) is 98.2 cm³/mol. The molecule has 0 fully saturated rings. The third-order valence-electron chi connectivity index (χ3n) is 5.08. The molecule has 0 saturated carbocycles. The van der Waals surface area contributed by atoms with Gasteiger partial charge in [0.2, 0.25) is 0 Å². The van der Waals surface area contributed by atoms with Crippen molar-refractivity contribution in [2.45, 2.75) is 78.6 Å². The lowest BCUT2D eigenvalue weighted by Gasteiger charge is -2.38. The van der Waals surface area contributed by atoms with E-state index in [0.717, 1.165) is 12.8 Å². The monoisotopic (exact) mass is 322 g/mol. The van der Waals surface area contributed by atoms with Crippen molar-refractivity contribution in [3.05, 3.63) is 35.8 Å². The molecule has 0 N–H and O–H groups in total. The van der Waals surface area contributed by atoms with Crippen LogP contribution in [0.3, 0.4) is 0 Å². The molecule has 1 rings (SSSR count). The molecule has 0 radical (unpaired) electrons. The summed E-state index contributed by atoms with van der Waals surface area (Å²) in [6.07, 6.45) is 6.42. The fraction of sp³-hybridized carbons (Fsp3) is 0.684. The van der Waals surface area contributed by atoms with Gasteiger partial charge in [-0.1, -0.05) is 39.0 Å². The zero-order valence-corrected chi connectivity index (χ0v) is 16.7. The van der Waals surface area contributed by atoms with Crippen LogP contribution in [-0.4, -0.2) is 14.4 Å². The largest absolute Gasteiger partial charge is 0.519 e. The zero-order valence-electron chi connectivity index (χ0n) is 15.7. The number of rotatable bonds is 5. The van der Waals surface area contributed by atoms with E-state index in [1.165, 1.54) is 11.1 Å². The summed E-state index contributed by atoms with van der Waals surface area (Å²) in [7, 11) is -1.86. The topological polar surface area (TPSA) is 18.5 Å². The average molecular weight is 323 g/mol. The summed E-state index contributed by atoms with van der Waals surface area (Å²) in [6, 6.07) is 0. The quantitative estimate of drug-likeness (QED) is 0.341.